The number of hydrogen-bond acceptors (Lipinski definition) is 4. The minimum atomic E-state index is -0.484. The highest BCUT2D eigenvalue weighted by Crippen LogP contribution is 2.23. The highest BCUT2D eigenvalue weighted by atomic mass is 16.6. The number of aromatic nitrogens is 1. The van der Waals surface area contributed by atoms with Gasteiger partial charge in [-0.15, -0.1) is 0 Å². The second-order valence-electron chi connectivity index (χ2n) is 6.38. The average molecular weight is 357 g/mol. The number of amides is 1. The van der Waals surface area contributed by atoms with Gasteiger partial charge in [-0.3, -0.25) is 19.8 Å². The van der Waals surface area contributed by atoms with Crippen LogP contribution < -0.4 is 20.1 Å². The van der Waals surface area contributed by atoms with E-state index >= 15 is 0 Å². The predicted molar refractivity (Wildman–Crippen MR) is 97.1 cm³/mol. The van der Waals surface area contributed by atoms with Gasteiger partial charge in [-0.2, -0.15) is 0 Å². The van der Waals surface area contributed by atoms with Crippen LogP contribution in [0.15, 0.2) is 48.7 Å². The molecule has 0 bridgehead atoms. The fraction of sp³-hybridized carbons (Fsp3) is 0.333. The lowest BCUT2D eigenvalue weighted by molar-refractivity contribution is -0.914. The quantitative estimate of drug-likeness (QED) is 0.588. The molecule has 1 fully saturated rings. The van der Waals surface area contributed by atoms with E-state index in [1.807, 2.05) is 31.3 Å². The van der Waals surface area contributed by atoms with Crippen LogP contribution in [-0.4, -0.2) is 43.1 Å². The van der Waals surface area contributed by atoms with Crippen LogP contribution in [0, 0.1) is 10.1 Å². The minimum absolute atomic E-state index is 0.0903. The van der Waals surface area contributed by atoms with E-state index in [1.165, 1.54) is 11.0 Å². The molecule has 1 aliphatic heterocycles. The van der Waals surface area contributed by atoms with E-state index in [0.29, 0.717) is 0 Å². The van der Waals surface area contributed by atoms with Crippen molar-refractivity contribution in [3.8, 4) is 0 Å². The molecule has 1 aromatic heterocycles. The number of nitrogens with zero attached hydrogens (tertiary/aromatic N) is 2. The standard InChI is InChI=1S/C18H21N5O3/c1-14(18(24)20-15-6-2-3-7-16(15)23(25)26)21-10-12-22(13-11-21)17-8-4-5-9-19-17/h2-9,14H,10-13H2,1H3,(H,20,24)/p+2/t14-/m1/s1. The van der Waals surface area contributed by atoms with E-state index in [4.69, 9.17) is 0 Å². The Morgan fingerprint density at radius 2 is 1.92 bits per heavy atom. The molecule has 26 heavy (non-hydrogen) atoms. The number of rotatable bonds is 5. The third kappa shape index (κ3) is 3.97. The molecule has 0 spiro atoms. The number of quaternary nitrogens is 1. The Balaban J connectivity index is 1.59. The molecule has 0 unspecified atom stereocenters. The molecule has 0 saturated carbocycles. The Bertz CT molecular complexity index is 775. The first-order valence-electron chi connectivity index (χ1n) is 8.67. The average Bonchev–Trinajstić information content (AvgIpc) is 2.68. The number of anilines is 2. The third-order valence-corrected chi connectivity index (χ3v) is 4.80. The molecule has 3 N–H and O–H groups in total. The van der Waals surface area contributed by atoms with Crippen LogP contribution in [0.5, 0.6) is 0 Å². The minimum Gasteiger partial charge on any atom is -0.318 e. The monoisotopic (exact) mass is 357 g/mol. The molecule has 2 aromatic rings. The van der Waals surface area contributed by atoms with Gasteiger partial charge in [-0.25, -0.2) is 4.98 Å². The SMILES string of the molecule is C[C@H](C(=O)Nc1ccccc1[N+](=O)[O-])[NH+]1CCN(c2cccc[nH+]2)CC1. The predicted octanol–water partition coefficient (Wildman–Crippen LogP) is 0.141. The van der Waals surface area contributed by atoms with Gasteiger partial charge in [0, 0.05) is 12.1 Å². The summed E-state index contributed by atoms with van der Waals surface area (Å²) in [7, 11) is 0. The molecular weight excluding hydrogens is 334 g/mol. The number of aromatic amines is 1. The van der Waals surface area contributed by atoms with Crippen LogP contribution in [0.3, 0.4) is 0 Å². The van der Waals surface area contributed by atoms with Crippen LogP contribution >= 0.6 is 0 Å². The summed E-state index contributed by atoms with van der Waals surface area (Å²) in [6.45, 7) is 5.21. The van der Waals surface area contributed by atoms with Crippen molar-refractivity contribution >= 4 is 23.1 Å². The van der Waals surface area contributed by atoms with E-state index in [-0.39, 0.29) is 23.3 Å². The smallest absolute Gasteiger partial charge is 0.292 e. The van der Waals surface area contributed by atoms with Gasteiger partial charge in [0.25, 0.3) is 17.4 Å². The maximum absolute atomic E-state index is 12.6. The van der Waals surface area contributed by atoms with Gasteiger partial charge >= 0.3 is 0 Å². The molecule has 136 valence electrons. The summed E-state index contributed by atoms with van der Waals surface area (Å²) in [5.74, 6) is 0.873. The lowest BCUT2D eigenvalue weighted by Crippen LogP contribution is -3.19. The molecule has 1 aliphatic rings. The van der Waals surface area contributed by atoms with E-state index in [9.17, 15) is 14.9 Å². The van der Waals surface area contributed by atoms with Crippen molar-refractivity contribution in [2.45, 2.75) is 13.0 Å². The summed E-state index contributed by atoms with van der Waals surface area (Å²) in [5.41, 5.74) is 0.152. The lowest BCUT2D eigenvalue weighted by Gasteiger charge is -2.31. The summed E-state index contributed by atoms with van der Waals surface area (Å²) < 4.78 is 0. The Morgan fingerprint density at radius 1 is 1.23 bits per heavy atom. The van der Waals surface area contributed by atoms with E-state index in [0.717, 1.165) is 32.0 Å². The molecule has 0 aliphatic carbocycles. The van der Waals surface area contributed by atoms with E-state index in [1.54, 1.807) is 18.2 Å². The van der Waals surface area contributed by atoms with Gasteiger partial charge in [0.1, 0.15) is 31.9 Å². The third-order valence-electron chi connectivity index (χ3n) is 4.80. The number of pyridine rings is 1. The lowest BCUT2D eigenvalue weighted by atomic mass is 10.2. The van der Waals surface area contributed by atoms with Crippen molar-refractivity contribution in [1.82, 2.24) is 0 Å². The fourth-order valence-corrected chi connectivity index (χ4v) is 3.21. The molecule has 8 heteroatoms. The Kier molecular flexibility index (Phi) is 5.43. The molecule has 1 atom stereocenters. The van der Waals surface area contributed by atoms with Crippen LogP contribution in [-0.2, 0) is 4.79 Å². The molecule has 1 saturated heterocycles. The van der Waals surface area contributed by atoms with Crippen LogP contribution in [0.25, 0.3) is 0 Å². The summed E-state index contributed by atoms with van der Waals surface area (Å²) in [6.07, 6.45) is 1.90. The molecule has 3 rings (SSSR count). The maximum atomic E-state index is 12.6. The Hall–Kier alpha value is -3.00. The number of nitro benzene ring substituents is 1. The first-order valence-corrected chi connectivity index (χ1v) is 8.67. The summed E-state index contributed by atoms with van der Waals surface area (Å²) >= 11 is 0. The first-order chi connectivity index (χ1) is 12.6. The second-order valence-corrected chi connectivity index (χ2v) is 6.38. The van der Waals surface area contributed by atoms with Crippen molar-refractivity contribution in [2.75, 3.05) is 36.4 Å². The highest BCUT2D eigenvalue weighted by molar-refractivity contribution is 5.95. The molecule has 1 aromatic carbocycles. The summed E-state index contributed by atoms with van der Waals surface area (Å²) in [4.78, 5) is 29.8. The summed E-state index contributed by atoms with van der Waals surface area (Å²) in [6, 6.07) is 11.9. The van der Waals surface area contributed by atoms with Crippen molar-refractivity contribution in [2.24, 2.45) is 0 Å². The van der Waals surface area contributed by atoms with Gasteiger partial charge in [-0.1, -0.05) is 18.2 Å². The molecule has 1 amide bonds. The first kappa shape index (κ1) is 17.8. The van der Waals surface area contributed by atoms with Crippen LogP contribution in [0.1, 0.15) is 6.92 Å². The van der Waals surface area contributed by atoms with Crippen molar-refractivity contribution in [1.29, 1.82) is 0 Å². The molecule has 8 nitrogen and oxygen atoms in total. The van der Waals surface area contributed by atoms with Gasteiger partial charge in [-0.05, 0) is 19.1 Å². The summed E-state index contributed by atoms with van der Waals surface area (Å²) in [5, 5.41) is 13.8. The van der Waals surface area contributed by atoms with Gasteiger partial charge in [0.2, 0.25) is 0 Å². The van der Waals surface area contributed by atoms with Crippen molar-refractivity contribution in [3.63, 3.8) is 0 Å². The Labute approximate surface area is 151 Å². The number of hydrogen-bond donors (Lipinski definition) is 2. The maximum Gasteiger partial charge on any atom is 0.292 e. The molecule has 2 heterocycles. The number of benzene rings is 1. The van der Waals surface area contributed by atoms with E-state index in [2.05, 4.69) is 15.2 Å². The van der Waals surface area contributed by atoms with E-state index < -0.39 is 4.92 Å². The zero-order chi connectivity index (χ0) is 18.5. The van der Waals surface area contributed by atoms with Gasteiger partial charge in [0.15, 0.2) is 6.04 Å². The molecular formula is C18H23N5O3+2. The van der Waals surface area contributed by atoms with Crippen molar-refractivity contribution < 1.29 is 19.6 Å². The normalized spacial score (nSPS) is 16.1. The van der Waals surface area contributed by atoms with Crippen LogP contribution in [0.2, 0.25) is 0 Å². The zero-order valence-electron chi connectivity index (χ0n) is 14.6. The van der Waals surface area contributed by atoms with Gasteiger partial charge < -0.3 is 10.2 Å². The number of carbonyl (C=O) groups excluding carboxylic acids is 1. The highest BCUT2D eigenvalue weighted by Gasteiger charge is 2.33. The number of nitrogens with one attached hydrogen (secondary N) is 3. The largest absolute Gasteiger partial charge is 0.318 e. The number of piperazine rings is 1. The zero-order valence-corrected chi connectivity index (χ0v) is 14.6. The number of carbonyl (C=O) groups is 1. The number of para-hydroxylation sites is 2. The van der Waals surface area contributed by atoms with Gasteiger partial charge in [0.05, 0.1) is 11.1 Å². The topological polar surface area (TPSA) is 94.1 Å². The molecule has 0 radical (unpaired) electrons. The fourth-order valence-electron chi connectivity index (χ4n) is 3.21. The number of nitro groups is 1. The Morgan fingerprint density at radius 3 is 2.58 bits per heavy atom. The van der Waals surface area contributed by atoms with Crippen molar-refractivity contribution in [3.05, 3.63) is 58.8 Å². The van der Waals surface area contributed by atoms with Crippen LogP contribution in [0.4, 0.5) is 17.2 Å². The number of H-pyrrole nitrogens is 1. The second kappa shape index (κ2) is 7.92.